The number of likely N-dealkylation sites (tertiary alicyclic amines) is 1. The second kappa shape index (κ2) is 6.16. The molecule has 0 unspecified atom stereocenters. The number of nitrogens with zero attached hydrogens (tertiary/aromatic N) is 3. The number of aryl methyl sites for hydroxylation is 2. The van der Waals surface area contributed by atoms with Crippen LogP contribution < -0.4 is 11.1 Å². The fourth-order valence-electron chi connectivity index (χ4n) is 2.40. The summed E-state index contributed by atoms with van der Waals surface area (Å²) in [5.41, 5.74) is 7.60. The van der Waals surface area contributed by atoms with E-state index < -0.39 is 0 Å². The monoisotopic (exact) mass is 265 g/mol. The van der Waals surface area contributed by atoms with E-state index in [2.05, 4.69) is 15.3 Å². The van der Waals surface area contributed by atoms with Crippen molar-refractivity contribution < 1.29 is 4.79 Å². The molecule has 6 nitrogen and oxygen atoms in total. The molecule has 0 bridgehead atoms. The van der Waals surface area contributed by atoms with Crippen LogP contribution in [0.3, 0.4) is 0 Å². The number of carbonyl (C=O) groups is 1. The second-order valence-electron chi connectivity index (χ2n) is 5.18. The summed E-state index contributed by atoms with van der Waals surface area (Å²) in [6.07, 6.45) is 4.61. The lowest BCUT2D eigenvalue weighted by atomic mass is 10.1. The number of hydrogen-bond acceptors (Lipinski definition) is 4. The van der Waals surface area contributed by atoms with Crippen molar-refractivity contribution in [3.63, 3.8) is 0 Å². The Morgan fingerprint density at radius 3 is 2.84 bits per heavy atom. The maximum Gasteiger partial charge on any atom is 0.238 e. The Kier molecular flexibility index (Phi) is 4.55. The number of carbonyl (C=O) groups excluding carboxylic acids is 1. The van der Waals surface area contributed by atoms with Crippen molar-refractivity contribution in [2.24, 2.45) is 12.8 Å². The molecule has 0 saturated carbocycles. The largest absolute Gasteiger partial charge is 0.328 e. The van der Waals surface area contributed by atoms with Crippen molar-refractivity contribution in [2.45, 2.75) is 32.2 Å². The molecule has 1 amide bonds. The van der Waals surface area contributed by atoms with E-state index >= 15 is 0 Å². The van der Waals surface area contributed by atoms with Crippen molar-refractivity contribution in [2.75, 3.05) is 25.0 Å². The van der Waals surface area contributed by atoms with Crippen LogP contribution in [0.2, 0.25) is 0 Å². The summed E-state index contributed by atoms with van der Waals surface area (Å²) in [5.74, 6) is 0.0261. The number of aromatic nitrogens is 2. The van der Waals surface area contributed by atoms with Crippen LogP contribution in [0.25, 0.3) is 0 Å². The predicted molar refractivity (Wildman–Crippen MR) is 74.9 cm³/mol. The number of nitrogens with two attached hydrogens (primary N) is 1. The minimum Gasteiger partial charge on any atom is -0.328 e. The van der Waals surface area contributed by atoms with Crippen molar-refractivity contribution >= 4 is 11.6 Å². The summed E-state index contributed by atoms with van der Waals surface area (Å²) < 4.78 is 1.73. The highest BCUT2D eigenvalue weighted by Gasteiger charge is 2.19. The van der Waals surface area contributed by atoms with E-state index in [1.165, 1.54) is 0 Å². The zero-order valence-corrected chi connectivity index (χ0v) is 11.7. The lowest BCUT2D eigenvalue weighted by Gasteiger charge is -2.29. The molecular formula is C13H23N5O. The van der Waals surface area contributed by atoms with Gasteiger partial charge in [-0.2, -0.15) is 5.10 Å². The van der Waals surface area contributed by atoms with Gasteiger partial charge in [0.05, 0.1) is 17.9 Å². The molecule has 2 rings (SSSR count). The van der Waals surface area contributed by atoms with Gasteiger partial charge in [0.25, 0.3) is 0 Å². The minimum absolute atomic E-state index is 0.0261. The molecule has 1 fully saturated rings. The minimum atomic E-state index is 0.0261. The number of hydrogen-bond donors (Lipinski definition) is 2. The van der Waals surface area contributed by atoms with Gasteiger partial charge in [0.1, 0.15) is 0 Å². The number of nitrogens with one attached hydrogen (secondary N) is 1. The first-order valence-electron chi connectivity index (χ1n) is 6.88. The summed E-state index contributed by atoms with van der Waals surface area (Å²) in [7, 11) is 1.86. The fraction of sp³-hybridized carbons (Fsp3) is 0.692. The van der Waals surface area contributed by atoms with E-state index in [1.807, 2.05) is 20.2 Å². The van der Waals surface area contributed by atoms with E-state index in [0.717, 1.165) is 43.7 Å². The van der Waals surface area contributed by atoms with E-state index in [9.17, 15) is 4.79 Å². The summed E-state index contributed by atoms with van der Waals surface area (Å²) in [6, 6.07) is 0.296. The Labute approximate surface area is 113 Å². The number of rotatable bonds is 4. The molecule has 6 heteroatoms. The van der Waals surface area contributed by atoms with Gasteiger partial charge in [-0.1, -0.05) is 6.92 Å². The van der Waals surface area contributed by atoms with Gasteiger partial charge in [0.15, 0.2) is 0 Å². The number of amides is 1. The molecule has 0 radical (unpaired) electrons. The van der Waals surface area contributed by atoms with Crippen LogP contribution in [0.15, 0.2) is 6.20 Å². The second-order valence-corrected chi connectivity index (χ2v) is 5.18. The SMILES string of the molecule is CCc1nn(C)cc1NC(=O)CN1CCC(N)CC1. The van der Waals surface area contributed by atoms with E-state index in [4.69, 9.17) is 5.73 Å². The molecule has 1 saturated heterocycles. The first kappa shape index (κ1) is 14.0. The lowest BCUT2D eigenvalue weighted by Crippen LogP contribution is -2.43. The van der Waals surface area contributed by atoms with Gasteiger partial charge in [-0.15, -0.1) is 0 Å². The van der Waals surface area contributed by atoms with Crippen molar-refractivity contribution in [1.82, 2.24) is 14.7 Å². The van der Waals surface area contributed by atoms with Crippen LogP contribution >= 0.6 is 0 Å². The molecule has 106 valence electrons. The maximum atomic E-state index is 12.0. The molecule has 0 atom stereocenters. The van der Waals surface area contributed by atoms with Crippen molar-refractivity contribution in [3.05, 3.63) is 11.9 Å². The third-order valence-corrected chi connectivity index (χ3v) is 3.51. The summed E-state index contributed by atoms with van der Waals surface area (Å²) >= 11 is 0. The van der Waals surface area contributed by atoms with Crippen LogP contribution in [-0.4, -0.2) is 46.3 Å². The zero-order chi connectivity index (χ0) is 13.8. The zero-order valence-electron chi connectivity index (χ0n) is 11.7. The van der Waals surface area contributed by atoms with Crippen LogP contribution in [-0.2, 0) is 18.3 Å². The Bertz CT molecular complexity index is 434. The van der Waals surface area contributed by atoms with Crippen molar-refractivity contribution in [3.8, 4) is 0 Å². The molecule has 1 aromatic rings. The van der Waals surface area contributed by atoms with Gasteiger partial charge in [-0.25, -0.2) is 0 Å². The van der Waals surface area contributed by atoms with Gasteiger partial charge < -0.3 is 11.1 Å². The Morgan fingerprint density at radius 1 is 1.53 bits per heavy atom. The van der Waals surface area contributed by atoms with Gasteiger partial charge in [0.2, 0.25) is 5.91 Å². The maximum absolute atomic E-state index is 12.0. The number of piperidine rings is 1. The quantitative estimate of drug-likeness (QED) is 0.823. The third-order valence-electron chi connectivity index (χ3n) is 3.51. The first-order chi connectivity index (χ1) is 9.08. The number of anilines is 1. The van der Waals surface area contributed by atoms with Gasteiger partial charge >= 0.3 is 0 Å². The van der Waals surface area contributed by atoms with Crippen molar-refractivity contribution in [1.29, 1.82) is 0 Å². The lowest BCUT2D eigenvalue weighted by molar-refractivity contribution is -0.117. The summed E-state index contributed by atoms with van der Waals surface area (Å²) in [6.45, 7) is 4.28. The topological polar surface area (TPSA) is 76.2 Å². The molecule has 2 heterocycles. The highest BCUT2D eigenvalue weighted by atomic mass is 16.2. The molecule has 19 heavy (non-hydrogen) atoms. The molecule has 1 aliphatic rings. The third kappa shape index (κ3) is 3.78. The molecule has 0 aliphatic carbocycles. The molecule has 0 spiro atoms. The smallest absolute Gasteiger partial charge is 0.238 e. The standard InChI is InChI=1S/C13H23N5O/c1-3-11-12(8-17(2)16-11)15-13(19)9-18-6-4-10(14)5-7-18/h8,10H,3-7,9,14H2,1-2H3,(H,15,19). The van der Waals surface area contributed by atoms with Crippen LogP contribution in [0.5, 0.6) is 0 Å². The normalized spacial score (nSPS) is 17.6. The predicted octanol–water partition coefficient (Wildman–Crippen LogP) is 0.344. The molecule has 0 aromatic carbocycles. The average Bonchev–Trinajstić information content (AvgIpc) is 2.72. The van der Waals surface area contributed by atoms with Crippen LogP contribution in [0.4, 0.5) is 5.69 Å². The van der Waals surface area contributed by atoms with E-state index in [0.29, 0.717) is 12.6 Å². The first-order valence-corrected chi connectivity index (χ1v) is 6.88. The molecule has 1 aromatic heterocycles. The summed E-state index contributed by atoms with van der Waals surface area (Å²) in [5, 5.41) is 7.26. The van der Waals surface area contributed by atoms with Crippen LogP contribution in [0, 0.1) is 0 Å². The molecular weight excluding hydrogens is 242 g/mol. The highest BCUT2D eigenvalue weighted by molar-refractivity contribution is 5.92. The van der Waals surface area contributed by atoms with E-state index in [-0.39, 0.29) is 5.91 Å². The molecule has 1 aliphatic heterocycles. The highest BCUT2D eigenvalue weighted by Crippen LogP contribution is 2.14. The van der Waals surface area contributed by atoms with Gasteiger partial charge in [-0.05, 0) is 19.3 Å². The Balaban J connectivity index is 1.87. The Morgan fingerprint density at radius 2 is 2.21 bits per heavy atom. The molecule has 3 N–H and O–H groups in total. The average molecular weight is 265 g/mol. The Hall–Kier alpha value is -1.40. The summed E-state index contributed by atoms with van der Waals surface area (Å²) in [4.78, 5) is 14.2. The van der Waals surface area contributed by atoms with Gasteiger partial charge in [0, 0.05) is 32.4 Å². The van der Waals surface area contributed by atoms with Gasteiger partial charge in [-0.3, -0.25) is 14.4 Å². The van der Waals surface area contributed by atoms with Crippen LogP contribution in [0.1, 0.15) is 25.5 Å². The fourth-order valence-corrected chi connectivity index (χ4v) is 2.40. The van der Waals surface area contributed by atoms with E-state index in [1.54, 1.807) is 4.68 Å².